The monoisotopic (exact) mass is 300 g/mol. The molecule has 0 saturated heterocycles. The van der Waals surface area contributed by atoms with Crippen LogP contribution in [0.1, 0.15) is 27.0 Å². The molecule has 2 N–H and O–H groups in total. The van der Waals surface area contributed by atoms with E-state index in [2.05, 4.69) is 0 Å². The molecule has 0 atom stereocenters. The number of phenols is 2. The van der Waals surface area contributed by atoms with Gasteiger partial charge in [0, 0.05) is 12.0 Å². The molecule has 0 bridgehead atoms. The van der Waals surface area contributed by atoms with Crippen molar-refractivity contribution in [1.29, 1.82) is 0 Å². The standard InChI is InChI=1S/C17H13ClO3/c1-9-6-13(18)17(21)14(15(9)19)16(20)12-7-10-4-2-3-5-11(10)8-12/h2-7,19,21H,8H2,1H3. The van der Waals surface area contributed by atoms with Crippen LogP contribution in [0.15, 0.2) is 35.9 Å². The SMILES string of the molecule is Cc1cc(Cl)c(O)c(C(=O)C2=Cc3ccccc3C2)c1O. The minimum atomic E-state index is -0.396. The maximum atomic E-state index is 12.6. The number of aromatic hydroxyl groups is 2. The molecule has 0 saturated carbocycles. The highest BCUT2D eigenvalue weighted by molar-refractivity contribution is 6.33. The van der Waals surface area contributed by atoms with Gasteiger partial charge in [0.15, 0.2) is 5.78 Å². The molecule has 1 aliphatic carbocycles. The molecule has 0 fully saturated rings. The van der Waals surface area contributed by atoms with Gasteiger partial charge in [-0.25, -0.2) is 0 Å². The summed E-state index contributed by atoms with van der Waals surface area (Å²) >= 11 is 5.90. The number of carbonyl (C=O) groups is 1. The van der Waals surface area contributed by atoms with Crippen LogP contribution in [0.3, 0.4) is 0 Å². The first-order valence-electron chi connectivity index (χ1n) is 6.53. The van der Waals surface area contributed by atoms with Gasteiger partial charge in [0.2, 0.25) is 0 Å². The van der Waals surface area contributed by atoms with Gasteiger partial charge < -0.3 is 10.2 Å². The van der Waals surface area contributed by atoms with Crippen molar-refractivity contribution in [3.63, 3.8) is 0 Å². The Morgan fingerprint density at radius 1 is 1.19 bits per heavy atom. The molecule has 1 aliphatic rings. The van der Waals surface area contributed by atoms with E-state index < -0.39 is 5.78 Å². The molecule has 0 radical (unpaired) electrons. The molecule has 0 aromatic heterocycles. The van der Waals surface area contributed by atoms with Gasteiger partial charge in [0.1, 0.15) is 17.1 Å². The molecule has 2 aromatic rings. The van der Waals surface area contributed by atoms with Crippen molar-refractivity contribution in [1.82, 2.24) is 0 Å². The average Bonchev–Trinajstić information content (AvgIpc) is 2.89. The summed E-state index contributed by atoms with van der Waals surface area (Å²) in [4.78, 5) is 12.6. The lowest BCUT2D eigenvalue weighted by Crippen LogP contribution is -2.05. The summed E-state index contributed by atoms with van der Waals surface area (Å²) in [5, 5.41) is 20.2. The summed E-state index contributed by atoms with van der Waals surface area (Å²) in [6.07, 6.45) is 2.27. The zero-order chi connectivity index (χ0) is 15.1. The number of carbonyl (C=O) groups excluding carboxylic acids is 1. The molecule has 3 nitrogen and oxygen atoms in total. The van der Waals surface area contributed by atoms with Crippen molar-refractivity contribution in [2.24, 2.45) is 0 Å². The predicted octanol–water partition coefficient (Wildman–Crippen LogP) is 3.88. The van der Waals surface area contributed by atoms with E-state index in [0.29, 0.717) is 17.6 Å². The van der Waals surface area contributed by atoms with E-state index in [1.165, 1.54) is 6.07 Å². The van der Waals surface area contributed by atoms with Crippen LogP contribution >= 0.6 is 11.6 Å². The van der Waals surface area contributed by atoms with Crippen molar-refractivity contribution in [2.45, 2.75) is 13.3 Å². The van der Waals surface area contributed by atoms with Crippen LogP contribution in [0.4, 0.5) is 0 Å². The van der Waals surface area contributed by atoms with Gasteiger partial charge in [0.25, 0.3) is 0 Å². The van der Waals surface area contributed by atoms with E-state index in [1.54, 1.807) is 13.0 Å². The van der Waals surface area contributed by atoms with Gasteiger partial charge in [-0.2, -0.15) is 0 Å². The average molecular weight is 301 g/mol. The first kappa shape index (κ1) is 13.7. The number of fused-ring (bicyclic) bond motifs is 1. The number of hydrogen-bond acceptors (Lipinski definition) is 3. The Balaban J connectivity index is 2.06. The van der Waals surface area contributed by atoms with Gasteiger partial charge in [0.05, 0.1) is 5.02 Å². The van der Waals surface area contributed by atoms with Crippen LogP contribution in [0.25, 0.3) is 6.08 Å². The van der Waals surface area contributed by atoms with Crippen LogP contribution in [0.5, 0.6) is 11.5 Å². The second-order valence-corrected chi connectivity index (χ2v) is 5.53. The molecule has 0 unspecified atom stereocenters. The number of hydrogen-bond donors (Lipinski definition) is 2. The lowest BCUT2D eigenvalue weighted by Gasteiger charge is -2.11. The molecule has 0 aliphatic heterocycles. The quantitative estimate of drug-likeness (QED) is 0.827. The number of benzene rings is 2. The minimum absolute atomic E-state index is 0.0600. The molecule has 3 rings (SSSR count). The van der Waals surface area contributed by atoms with Gasteiger partial charge in [-0.05, 0) is 35.8 Å². The Hall–Kier alpha value is -2.26. The van der Waals surface area contributed by atoms with E-state index in [9.17, 15) is 15.0 Å². The smallest absolute Gasteiger partial charge is 0.196 e. The molecule has 0 amide bonds. The van der Waals surface area contributed by atoms with Crippen LogP contribution in [-0.2, 0) is 6.42 Å². The van der Waals surface area contributed by atoms with Crippen molar-refractivity contribution in [2.75, 3.05) is 0 Å². The minimum Gasteiger partial charge on any atom is -0.507 e. The summed E-state index contributed by atoms with van der Waals surface area (Å²) in [7, 11) is 0. The topological polar surface area (TPSA) is 57.5 Å². The molecular formula is C17H13ClO3. The maximum Gasteiger partial charge on any atom is 0.196 e. The van der Waals surface area contributed by atoms with Crippen LogP contribution in [0.2, 0.25) is 5.02 Å². The second kappa shape index (κ2) is 4.93. The Labute approximate surface area is 127 Å². The molecule has 21 heavy (non-hydrogen) atoms. The number of phenolic OH excluding ortho intramolecular Hbond substituents is 2. The van der Waals surface area contributed by atoms with Crippen molar-refractivity contribution in [3.05, 3.63) is 63.2 Å². The summed E-state index contributed by atoms with van der Waals surface area (Å²) < 4.78 is 0. The third-order valence-corrected chi connectivity index (χ3v) is 3.99. The van der Waals surface area contributed by atoms with E-state index >= 15 is 0 Å². The fraction of sp³-hybridized carbons (Fsp3) is 0.118. The Kier molecular flexibility index (Phi) is 3.22. The normalized spacial score (nSPS) is 13.0. The van der Waals surface area contributed by atoms with Crippen molar-refractivity contribution < 1.29 is 15.0 Å². The molecule has 0 spiro atoms. The molecular weight excluding hydrogens is 288 g/mol. The van der Waals surface area contributed by atoms with Crippen molar-refractivity contribution in [3.8, 4) is 11.5 Å². The molecule has 106 valence electrons. The van der Waals surface area contributed by atoms with Crippen molar-refractivity contribution >= 4 is 23.5 Å². The van der Waals surface area contributed by atoms with Crippen LogP contribution in [0, 0.1) is 6.92 Å². The van der Waals surface area contributed by atoms with Gasteiger partial charge in [-0.15, -0.1) is 0 Å². The fourth-order valence-electron chi connectivity index (χ4n) is 2.56. The first-order chi connectivity index (χ1) is 9.99. The second-order valence-electron chi connectivity index (χ2n) is 5.12. The number of rotatable bonds is 2. The summed E-state index contributed by atoms with van der Waals surface area (Å²) in [6, 6.07) is 9.13. The lowest BCUT2D eigenvalue weighted by atomic mass is 9.98. The highest BCUT2D eigenvalue weighted by Gasteiger charge is 2.26. The molecule has 0 heterocycles. The Morgan fingerprint density at radius 3 is 2.62 bits per heavy atom. The number of ketones is 1. The summed E-state index contributed by atoms with van der Waals surface area (Å²) in [6.45, 7) is 1.63. The van der Waals surface area contributed by atoms with E-state index in [0.717, 1.165) is 11.1 Å². The fourth-order valence-corrected chi connectivity index (χ4v) is 2.82. The number of aryl methyl sites for hydroxylation is 1. The van der Waals surface area contributed by atoms with Gasteiger partial charge in [-0.3, -0.25) is 4.79 Å². The highest BCUT2D eigenvalue weighted by atomic mass is 35.5. The van der Waals surface area contributed by atoms with Gasteiger partial charge >= 0.3 is 0 Å². The highest BCUT2D eigenvalue weighted by Crippen LogP contribution is 2.39. The predicted molar refractivity (Wildman–Crippen MR) is 82.0 cm³/mol. The van der Waals surface area contributed by atoms with Gasteiger partial charge in [-0.1, -0.05) is 35.9 Å². The van der Waals surface area contributed by atoms with Crippen LogP contribution < -0.4 is 0 Å². The Bertz CT molecular complexity index is 765. The third-order valence-electron chi connectivity index (χ3n) is 3.70. The maximum absolute atomic E-state index is 12.6. The Morgan fingerprint density at radius 2 is 1.90 bits per heavy atom. The first-order valence-corrected chi connectivity index (χ1v) is 6.91. The third kappa shape index (κ3) is 2.20. The number of Topliss-reactive ketones (excluding diaryl/α,β-unsaturated/α-hetero) is 1. The van der Waals surface area contributed by atoms with E-state index in [-0.39, 0.29) is 22.1 Å². The number of halogens is 1. The summed E-state index contributed by atoms with van der Waals surface area (Å²) in [5.41, 5.74) is 2.90. The number of allylic oxidation sites excluding steroid dienone is 1. The largest absolute Gasteiger partial charge is 0.507 e. The van der Waals surface area contributed by atoms with E-state index in [4.69, 9.17) is 11.6 Å². The molecule has 4 heteroatoms. The van der Waals surface area contributed by atoms with Crippen LogP contribution in [-0.4, -0.2) is 16.0 Å². The zero-order valence-electron chi connectivity index (χ0n) is 11.4. The zero-order valence-corrected chi connectivity index (χ0v) is 12.1. The lowest BCUT2D eigenvalue weighted by molar-refractivity contribution is 0.102. The van der Waals surface area contributed by atoms with E-state index in [1.807, 2.05) is 24.3 Å². The summed E-state index contributed by atoms with van der Waals surface area (Å²) in [5.74, 6) is -0.993. The molecule has 2 aromatic carbocycles.